The fraction of sp³-hybridized carbons (Fsp3) is 0.619. The van der Waals surface area contributed by atoms with Crippen molar-refractivity contribution in [2.24, 2.45) is 0 Å². The van der Waals surface area contributed by atoms with Gasteiger partial charge in [0.15, 0.2) is 5.82 Å². The third-order valence-corrected chi connectivity index (χ3v) is 6.73. The Labute approximate surface area is 155 Å². The monoisotopic (exact) mass is 352 g/mol. The van der Waals surface area contributed by atoms with E-state index in [0.717, 1.165) is 50.8 Å². The second kappa shape index (κ2) is 6.46. The summed E-state index contributed by atoms with van der Waals surface area (Å²) in [4.78, 5) is 7.74. The number of rotatable bonds is 4. The van der Waals surface area contributed by atoms with Crippen molar-refractivity contribution >= 4 is 0 Å². The average Bonchev–Trinajstić information content (AvgIpc) is 3.39. The third kappa shape index (κ3) is 2.60. The van der Waals surface area contributed by atoms with E-state index in [2.05, 4.69) is 40.3 Å². The Morgan fingerprint density at radius 1 is 0.923 bits per heavy atom. The SMILES string of the molecule is c1ccc(C2(c3nc(C4(N5CCOCC5)CCCCC4)n[nH]3)CC2)cc1. The first-order valence-corrected chi connectivity index (χ1v) is 10.2. The molecule has 2 saturated carbocycles. The maximum Gasteiger partial charge on any atom is 0.170 e. The smallest absolute Gasteiger partial charge is 0.170 e. The van der Waals surface area contributed by atoms with Crippen molar-refractivity contribution in [1.82, 2.24) is 20.1 Å². The standard InChI is InChI=1S/C21H28N4O/c1-3-7-17(8-4-1)20(11-12-20)18-22-19(24-23-18)21(9-5-2-6-10-21)25-13-15-26-16-14-25/h1,3-4,7-8H,2,5-6,9-16H2,(H,22,23,24). The molecule has 26 heavy (non-hydrogen) atoms. The zero-order valence-electron chi connectivity index (χ0n) is 15.4. The van der Waals surface area contributed by atoms with Crippen LogP contribution in [-0.2, 0) is 15.7 Å². The summed E-state index contributed by atoms with van der Waals surface area (Å²) in [7, 11) is 0. The van der Waals surface area contributed by atoms with Crippen LogP contribution in [0.5, 0.6) is 0 Å². The fourth-order valence-corrected chi connectivity index (χ4v) is 5.04. The molecule has 2 aromatic rings. The number of benzene rings is 1. The molecular weight excluding hydrogens is 324 g/mol. The molecule has 1 N–H and O–H groups in total. The van der Waals surface area contributed by atoms with Gasteiger partial charge in [0.2, 0.25) is 0 Å². The Balaban J connectivity index is 1.49. The third-order valence-electron chi connectivity index (χ3n) is 6.73. The lowest BCUT2D eigenvalue weighted by molar-refractivity contribution is -0.0441. The van der Waals surface area contributed by atoms with E-state index in [-0.39, 0.29) is 11.0 Å². The minimum atomic E-state index is 0.00352. The van der Waals surface area contributed by atoms with Crippen LogP contribution >= 0.6 is 0 Å². The summed E-state index contributed by atoms with van der Waals surface area (Å²) < 4.78 is 5.61. The Bertz CT molecular complexity index is 740. The fourth-order valence-electron chi connectivity index (χ4n) is 5.04. The Hall–Kier alpha value is -1.72. The lowest BCUT2D eigenvalue weighted by Gasteiger charge is -2.46. The second-order valence-electron chi connectivity index (χ2n) is 8.15. The number of H-pyrrole nitrogens is 1. The highest BCUT2D eigenvalue weighted by molar-refractivity contribution is 5.39. The zero-order valence-corrected chi connectivity index (χ0v) is 15.4. The van der Waals surface area contributed by atoms with E-state index in [4.69, 9.17) is 14.8 Å². The number of hydrogen-bond acceptors (Lipinski definition) is 4. The molecule has 0 amide bonds. The molecule has 5 rings (SSSR count). The average molecular weight is 352 g/mol. The van der Waals surface area contributed by atoms with Gasteiger partial charge in [-0.2, -0.15) is 5.10 Å². The Kier molecular flexibility index (Phi) is 4.09. The predicted molar refractivity (Wildman–Crippen MR) is 100.0 cm³/mol. The normalized spacial score (nSPS) is 25.1. The van der Waals surface area contributed by atoms with Gasteiger partial charge in [0.05, 0.1) is 24.2 Å². The summed E-state index contributed by atoms with van der Waals surface area (Å²) in [6.07, 6.45) is 8.53. The molecule has 5 nitrogen and oxygen atoms in total. The molecule has 1 aromatic heterocycles. The topological polar surface area (TPSA) is 54.0 Å². The largest absolute Gasteiger partial charge is 0.379 e. The lowest BCUT2D eigenvalue weighted by atomic mass is 9.79. The van der Waals surface area contributed by atoms with Gasteiger partial charge in [0.1, 0.15) is 5.82 Å². The van der Waals surface area contributed by atoms with Crippen LogP contribution in [0.15, 0.2) is 30.3 Å². The number of hydrogen-bond donors (Lipinski definition) is 1. The predicted octanol–water partition coefficient (Wildman–Crippen LogP) is 3.38. The second-order valence-corrected chi connectivity index (χ2v) is 8.15. The molecule has 0 unspecified atom stereocenters. The molecule has 3 fully saturated rings. The molecule has 138 valence electrons. The molecule has 0 radical (unpaired) electrons. The van der Waals surface area contributed by atoms with E-state index < -0.39 is 0 Å². The molecule has 5 heteroatoms. The van der Waals surface area contributed by atoms with E-state index in [1.807, 2.05) is 0 Å². The number of morpholine rings is 1. The molecule has 1 saturated heterocycles. The molecule has 1 aromatic carbocycles. The van der Waals surface area contributed by atoms with Gasteiger partial charge in [-0.05, 0) is 31.2 Å². The van der Waals surface area contributed by atoms with Gasteiger partial charge in [-0.25, -0.2) is 4.98 Å². The van der Waals surface area contributed by atoms with Crippen LogP contribution in [-0.4, -0.2) is 46.4 Å². The highest BCUT2D eigenvalue weighted by Gasteiger charge is 2.50. The van der Waals surface area contributed by atoms with Gasteiger partial charge in [-0.3, -0.25) is 10.00 Å². The molecule has 0 spiro atoms. The molecule has 1 aliphatic heterocycles. The summed E-state index contributed by atoms with van der Waals surface area (Å²) in [5, 5.41) is 8.15. The van der Waals surface area contributed by atoms with Crippen LogP contribution < -0.4 is 0 Å². The van der Waals surface area contributed by atoms with Crippen molar-refractivity contribution in [3.63, 3.8) is 0 Å². The number of aromatic amines is 1. The zero-order chi connectivity index (χ0) is 17.5. The molecule has 0 atom stereocenters. The molecular formula is C21H28N4O. The Morgan fingerprint density at radius 2 is 1.65 bits per heavy atom. The number of nitrogens with zero attached hydrogens (tertiary/aromatic N) is 3. The number of ether oxygens (including phenoxy) is 1. The first kappa shape index (κ1) is 16.5. The first-order chi connectivity index (χ1) is 12.8. The minimum absolute atomic E-state index is 0.00352. The van der Waals surface area contributed by atoms with Gasteiger partial charge < -0.3 is 4.74 Å². The highest BCUT2D eigenvalue weighted by Crippen LogP contribution is 2.52. The van der Waals surface area contributed by atoms with Gasteiger partial charge >= 0.3 is 0 Å². The van der Waals surface area contributed by atoms with Gasteiger partial charge in [-0.15, -0.1) is 0 Å². The minimum Gasteiger partial charge on any atom is -0.379 e. The van der Waals surface area contributed by atoms with Crippen LogP contribution in [0.4, 0.5) is 0 Å². The summed E-state index contributed by atoms with van der Waals surface area (Å²) in [5.74, 6) is 2.09. The number of aromatic nitrogens is 3. The van der Waals surface area contributed by atoms with Crippen molar-refractivity contribution in [3.8, 4) is 0 Å². The summed E-state index contributed by atoms with van der Waals surface area (Å²) in [6.45, 7) is 3.64. The highest BCUT2D eigenvalue weighted by atomic mass is 16.5. The molecule has 2 heterocycles. The van der Waals surface area contributed by atoms with Gasteiger partial charge in [-0.1, -0.05) is 49.6 Å². The van der Waals surface area contributed by atoms with Crippen LogP contribution in [0.3, 0.4) is 0 Å². The van der Waals surface area contributed by atoms with Crippen LogP contribution in [0.2, 0.25) is 0 Å². The maximum atomic E-state index is 5.61. The van der Waals surface area contributed by atoms with Gasteiger partial charge in [0, 0.05) is 13.1 Å². The summed E-state index contributed by atoms with van der Waals surface area (Å²) >= 11 is 0. The van der Waals surface area contributed by atoms with Crippen molar-refractivity contribution < 1.29 is 4.74 Å². The molecule has 0 bridgehead atoms. The van der Waals surface area contributed by atoms with Gasteiger partial charge in [0.25, 0.3) is 0 Å². The van der Waals surface area contributed by atoms with Crippen LogP contribution in [0.25, 0.3) is 0 Å². The van der Waals surface area contributed by atoms with Crippen LogP contribution in [0.1, 0.15) is 62.2 Å². The van der Waals surface area contributed by atoms with Crippen LogP contribution in [0, 0.1) is 0 Å². The Morgan fingerprint density at radius 3 is 2.35 bits per heavy atom. The molecule has 2 aliphatic carbocycles. The lowest BCUT2D eigenvalue weighted by Crippen LogP contribution is -2.53. The van der Waals surface area contributed by atoms with Crippen molar-refractivity contribution in [2.75, 3.05) is 26.3 Å². The summed E-state index contributed by atoms with van der Waals surface area (Å²) in [6, 6.07) is 10.8. The number of nitrogens with one attached hydrogen (secondary N) is 1. The van der Waals surface area contributed by atoms with Crippen molar-refractivity contribution in [2.45, 2.75) is 55.9 Å². The van der Waals surface area contributed by atoms with Crippen molar-refractivity contribution in [3.05, 3.63) is 47.5 Å². The van der Waals surface area contributed by atoms with E-state index in [1.165, 1.54) is 37.7 Å². The first-order valence-electron chi connectivity index (χ1n) is 10.2. The maximum absolute atomic E-state index is 5.61. The van der Waals surface area contributed by atoms with E-state index in [0.29, 0.717) is 0 Å². The van der Waals surface area contributed by atoms with E-state index in [1.54, 1.807) is 0 Å². The van der Waals surface area contributed by atoms with E-state index in [9.17, 15) is 0 Å². The molecule has 3 aliphatic rings. The van der Waals surface area contributed by atoms with Crippen molar-refractivity contribution in [1.29, 1.82) is 0 Å². The quantitative estimate of drug-likeness (QED) is 0.916. The summed E-state index contributed by atoms with van der Waals surface area (Å²) in [5.41, 5.74) is 1.43. The van der Waals surface area contributed by atoms with E-state index >= 15 is 0 Å².